The van der Waals surface area contributed by atoms with Gasteiger partial charge in [0.15, 0.2) is 0 Å². The Balaban J connectivity index is 2.01. The van der Waals surface area contributed by atoms with Crippen LogP contribution in [0.15, 0.2) is 12.4 Å². The summed E-state index contributed by atoms with van der Waals surface area (Å²) < 4.78 is 1.54. The minimum atomic E-state index is -0.834. The van der Waals surface area contributed by atoms with Gasteiger partial charge in [0.05, 0.1) is 17.7 Å². The molecule has 1 fully saturated rings. The highest BCUT2D eigenvalue weighted by Crippen LogP contribution is 2.26. The standard InChI is InChI=1S/C11H15N3O3/c1-14-6-7(5-12-14)10(15)13-9-4-2-3-8(9)11(16)17/h5-6,8-9H,2-4H2,1H3,(H,13,15)(H,16,17). The number of carbonyl (C=O) groups excluding carboxylic acids is 1. The molecule has 1 amide bonds. The van der Waals surface area contributed by atoms with Crippen molar-refractivity contribution in [3.8, 4) is 0 Å². The molecular weight excluding hydrogens is 222 g/mol. The lowest BCUT2D eigenvalue weighted by Gasteiger charge is -2.16. The Hall–Kier alpha value is -1.85. The van der Waals surface area contributed by atoms with Crippen LogP contribution < -0.4 is 5.32 Å². The molecule has 1 aromatic rings. The molecule has 92 valence electrons. The largest absolute Gasteiger partial charge is 0.481 e. The molecule has 2 unspecified atom stereocenters. The van der Waals surface area contributed by atoms with Gasteiger partial charge in [0.2, 0.25) is 0 Å². The van der Waals surface area contributed by atoms with Gasteiger partial charge < -0.3 is 10.4 Å². The molecule has 0 radical (unpaired) electrons. The molecule has 6 nitrogen and oxygen atoms in total. The predicted octanol–water partition coefficient (Wildman–Crippen LogP) is 0.403. The van der Waals surface area contributed by atoms with Crippen molar-refractivity contribution in [2.24, 2.45) is 13.0 Å². The van der Waals surface area contributed by atoms with Gasteiger partial charge in [-0.25, -0.2) is 0 Å². The number of carboxylic acid groups (broad SMARTS) is 1. The molecule has 1 heterocycles. The van der Waals surface area contributed by atoms with Crippen LogP contribution in [0, 0.1) is 5.92 Å². The van der Waals surface area contributed by atoms with Crippen molar-refractivity contribution >= 4 is 11.9 Å². The maximum Gasteiger partial charge on any atom is 0.308 e. The molecule has 1 aliphatic rings. The van der Waals surface area contributed by atoms with Gasteiger partial charge in [-0.15, -0.1) is 0 Å². The number of carbonyl (C=O) groups is 2. The summed E-state index contributed by atoms with van der Waals surface area (Å²) in [5, 5.41) is 15.7. The van der Waals surface area contributed by atoms with E-state index in [1.54, 1.807) is 13.2 Å². The second-order valence-corrected chi connectivity index (χ2v) is 4.36. The third-order valence-corrected chi connectivity index (χ3v) is 3.12. The third kappa shape index (κ3) is 2.46. The van der Waals surface area contributed by atoms with Gasteiger partial charge in [0, 0.05) is 19.3 Å². The molecule has 0 saturated heterocycles. The fraction of sp³-hybridized carbons (Fsp3) is 0.545. The van der Waals surface area contributed by atoms with E-state index < -0.39 is 11.9 Å². The molecule has 6 heteroatoms. The lowest BCUT2D eigenvalue weighted by atomic mass is 10.0. The summed E-state index contributed by atoms with van der Waals surface area (Å²) in [5.41, 5.74) is 0.462. The van der Waals surface area contributed by atoms with E-state index in [9.17, 15) is 9.59 Å². The molecule has 2 rings (SSSR count). The maximum atomic E-state index is 11.8. The molecular formula is C11H15N3O3. The topological polar surface area (TPSA) is 84.2 Å². The van der Waals surface area contributed by atoms with Crippen LogP contribution in [0.4, 0.5) is 0 Å². The van der Waals surface area contributed by atoms with Crippen LogP contribution in [-0.2, 0) is 11.8 Å². The Bertz CT molecular complexity index is 441. The number of aliphatic carboxylic acids is 1. The van der Waals surface area contributed by atoms with Gasteiger partial charge in [0.25, 0.3) is 5.91 Å². The van der Waals surface area contributed by atoms with Crippen LogP contribution in [0.25, 0.3) is 0 Å². The van der Waals surface area contributed by atoms with Crippen molar-refractivity contribution in [2.45, 2.75) is 25.3 Å². The molecule has 0 spiro atoms. The van der Waals surface area contributed by atoms with Crippen LogP contribution in [0.3, 0.4) is 0 Å². The molecule has 2 N–H and O–H groups in total. The number of nitrogens with one attached hydrogen (secondary N) is 1. The van der Waals surface area contributed by atoms with Gasteiger partial charge in [-0.3, -0.25) is 14.3 Å². The second-order valence-electron chi connectivity index (χ2n) is 4.36. The number of aromatic nitrogens is 2. The lowest BCUT2D eigenvalue weighted by molar-refractivity contribution is -0.142. The summed E-state index contributed by atoms with van der Waals surface area (Å²) >= 11 is 0. The first-order valence-corrected chi connectivity index (χ1v) is 5.60. The Morgan fingerprint density at radius 1 is 1.53 bits per heavy atom. The minimum absolute atomic E-state index is 0.253. The summed E-state index contributed by atoms with van der Waals surface area (Å²) in [6, 6.07) is -0.264. The Kier molecular flexibility index (Phi) is 3.12. The second kappa shape index (κ2) is 4.57. The Morgan fingerprint density at radius 3 is 2.88 bits per heavy atom. The monoisotopic (exact) mass is 237 g/mol. The molecule has 0 bridgehead atoms. The predicted molar refractivity (Wildman–Crippen MR) is 59.4 cm³/mol. The van der Waals surface area contributed by atoms with Crippen molar-refractivity contribution in [2.75, 3.05) is 0 Å². The minimum Gasteiger partial charge on any atom is -0.481 e. The normalized spacial score (nSPS) is 23.6. The van der Waals surface area contributed by atoms with Gasteiger partial charge in [-0.2, -0.15) is 5.10 Å². The fourth-order valence-corrected chi connectivity index (χ4v) is 2.22. The van der Waals surface area contributed by atoms with Crippen LogP contribution >= 0.6 is 0 Å². The van der Waals surface area contributed by atoms with Crippen LogP contribution in [-0.4, -0.2) is 32.8 Å². The number of hydrogen-bond donors (Lipinski definition) is 2. The SMILES string of the molecule is Cn1cc(C(=O)NC2CCCC2C(=O)O)cn1. The highest BCUT2D eigenvalue weighted by Gasteiger charge is 2.34. The summed E-state index contributed by atoms with van der Waals surface area (Å²) in [4.78, 5) is 22.8. The average molecular weight is 237 g/mol. The Morgan fingerprint density at radius 2 is 2.29 bits per heavy atom. The fourth-order valence-electron chi connectivity index (χ4n) is 2.22. The van der Waals surface area contributed by atoms with E-state index in [1.165, 1.54) is 10.9 Å². The first-order chi connectivity index (χ1) is 8.08. The summed E-state index contributed by atoms with van der Waals surface area (Å²) in [7, 11) is 1.73. The highest BCUT2D eigenvalue weighted by atomic mass is 16.4. The molecule has 1 saturated carbocycles. The number of nitrogens with zero attached hydrogens (tertiary/aromatic N) is 2. The quantitative estimate of drug-likeness (QED) is 0.797. The molecule has 17 heavy (non-hydrogen) atoms. The van der Waals surface area contributed by atoms with Gasteiger partial charge in [-0.1, -0.05) is 6.42 Å². The summed E-state index contributed by atoms with van der Waals surface area (Å²) in [5.74, 6) is -1.55. The van der Waals surface area contributed by atoms with Gasteiger partial charge in [-0.05, 0) is 12.8 Å². The average Bonchev–Trinajstić information content (AvgIpc) is 2.86. The molecule has 0 aromatic carbocycles. The summed E-state index contributed by atoms with van der Waals surface area (Å²) in [6.07, 6.45) is 5.28. The number of aryl methyl sites for hydroxylation is 1. The Labute approximate surface area is 98.6 Å². The number of amides is 1. The van der Waals surface area contributed by atoms with Crippen LogP contribution in [0.2, 0.25) is 0 Å². The zero-order valence-electron chi connectivity index (χ0n) is 9.59. The van der Waals surface area contributed by atoms with Crippen LogP contribution in [0.1, 0.15) is 29.6 Å². The summed E-state index contributed by atoms with van der Waals surface area (Å²) in [6.45, 7) is 0. The highest BCUT2D eigenvalue weighted by molar-refractivity contribution is 5.94. The van der Waals surface area contributed by atoms with Crippen molar-refractivity contribution in [3.63, 3.8) is 0 Å². The molecule has 1 aromatic heterocycles. The van der Waals surface area contributed by atoms with E-state index in [4.69, 9.17) is 5.11 Å². The molecule has 0 aliphatic heterocycles. The van der Waals surface area contributed by atoms with Gasteiger partial charge in [0.1, 0.15) is 0 Å². The zero-order chi connectivity index (χ0) is 12.4. The van der Waals surface area contributed by atoms with Gasteiger partial charge >= 0.3 is 5.97 Å². The smallest absolute Gasteiger partial charge is 0.308 e. The number of rotatable bonds is 3. The van der Waals surface area contributed by atoms with Crippen LogP contribution in [0.5, 0.6) is 0 Å². The van der Waals surface area contributed by atoms with E-state index in [-0.39, 0.29) is 11.9 Å². The first-order valence-electron chi connectivity index (χ1n) is 5.60. The van der Waals surface area contributed by atoms with Crippen molar-refractivity contribution in [1.29, 1.82) is 0 Å². The lowest BCUT2D eigenvalue weighted by Crippen LogP contribution is -2.40. The molecule has 1 aliphatic carbocycles. The molecule has 2 atom stereocenters. The van der Waals surface area contributed by atoms with E-state index in [2.05, 4.69) is 10.4 Å². The maximum absolute atomic E-state index is 11.8. The number of carboxylic acids is 1. The van der Waals surface area contributed by atoms with E-state index in [1.807, 2.05) is 0 Å². The van der Waals surface area contributed by atoms with Crippen molar-refractivity contribution in [3.05, 3.63) is 18.0 Å². The zero-order valence-corrected chi connectivity index (χ0v) is 9.59. The third-order valence-electron chi connectivity index (χ3n) is 3.12. The van der Waals surface area contributed by atoms with E-state index >= 15 is 0 Å². The first kappa shape index (κ1) is 11.6. The van der Waals surface area contributed by atoms with Crippen molar-refractivity contribution < 1.29 is 14.7 Å². The number of hydrogen-bond acceptors (Lipinski definition) is 3. The van der Waals surface area contributed by atoms with E-state index in [0.717, 1.165) is 12.8 Å². The van der Waals surface area contributed by atoms with Crippen molar-refractivity contribution in [1.82, 2.24) is 15.1 Å². The van der Waals surface area contributed by atoms with E-state index in [0.29, 0.717) is 12.0 Å².